The number of rotatable bonds is 4. The third kappa shape index (κ3) is 2.90. The lowest BCUT2D eigenvalue weighted by Crippen LogP contribution is -2.15. The quantitative estimate of drug-likeness (QED) is 0.666. The fourth-order valence-corrected chi connectivity index (χ4v) is 3.52. The first kappa shape index (κ1) is 17.8. The van der Waals surface area contributed by atoms with Crippen LogP contribution in [0.4, 0.5) is 0 Å². The predicted molar refractivity (Wildman–Crippen MR) is 102 cm³/mol. The van der Waals surface area contributed by atoms with Crippen LogP contribution in [0.3, 0.4) is 0 Å². The maximum atomic E-state index is 6.07. The largest absolute Gasteiger partial charge is 0.496 e. The topological polar surface area (TPSA) is 39.9 Å². The van der Waals surface area contributed by atoms with Crippen molar-refractivity contribution in [1.82, 2.24) is 14.8 Å². The van der Waals surface area contributed by atoms with Crippen LogP contribution in [0.15, 0.2) is 48.5 Å². The van der Waals surface area contributed by atoms with Crippen LogP contribution >= 0.6 is 24.0 Å². The van der Waals surface area contributed by atoms with Crippen molar-refractivity contribution >= 4 is 24.0 Å². The number of aromatic nitrogens is 3. The molecule has 0 amide bonds. The van der Waals surface area contributed by atoms with Crippen molar-refractivity contribution in [1.29, 1.82) is 0 Å². The Labute approximate surface area is 158 Å². The Hall–Kier alpha value is -2.04. The van der Waals surface area contributed by atoms with Crippen molar-refractivity contribution in [2.75, 3.05) is 7.11 Å². The molecule has 0 bridgehead atoms. The smallest absolute Gasteiger partial charge is 0.167 e. The van der Waals surface area contributed by atoms with E-state index in [1.807, 2.05) is 25.2 Å². The van der Waals surface area contributed by atoms with Crippen LogP contribution < -0.4 is 4.74 Å². The van der Waals surface area contributed by atoms with Gasteiger partial charge in [-0.1, -0.05) is 41.9 Å². The van der Waals surface area contributed by atoms with Crippen LogP contribution in [0.5, 0.6) is 5.75 Å². The van der Waals surface area contributed by atoms with Gasteiger partial charge in [0.25, 0.3) is 0 Å². The highest BCUT2D eigenvalue weighted by Gasteiger charge is 2.49. The number of benzene rings is 2. The fourth-order valence-electron chi connectivity index (χ4n) is 3.35. The lowest BCUT2D eigenvalue weighted by atomic mass is 9.95. The minimum absolute atomic E-state index is 0. The van der Waals surface area contributed by atoms with Crippen molar-refractivity contribution in [2.24, 2.45) is 7.05 Å². The summed E-state index contributed by atoms with van der Waals surface area (Å²) in [7, 11) is 3.65. The number of hydrogen-bond acceptors (Lipinski definition) is 3. The van der Waals surface area contributed by atoms with E-state index in [1.54, 1.807) is 13.2 Å². The molecule has 4 rings (SSSR count). The van der Waals surface area contributed by atoms with Crippen LogP contribution in [0.1, 0.15) is 24.2 Å². The highest BCUT2D eigenvalue weighted by atomic mass is 35.5. The monoisotopic (exact) mass is 375 g/mol. The Bertz CT molecular complexity index is 889. The van der Waals surface area contributed by atoms with Gasteiger partial charge in [0.05, 0.1) is 18.1 Å². The van der Waals surface area contributed by atoms with Crippen molar-refractivity contribution in [2.45, 2.75) is 18.3 Å². The van der Waals surface area contributed by atoms with Gasteiger partial charge < -0.3 is 9.30 Å². The standard InChI is InChI=1S/C19H18ClN3O.ClH/c1-23-17(15-9-8-14(20)12-16(15)24-2)21-22-18(23)19(10-11-19)13-6-4-3-5-7-13;/h3-9,12H,10-11H2,1-2H3;1H. The highest BCUT2D eigenvalue weighted by Crippen LogP contribution is 2.53. The molecule has 6 heteroatoms. The molecule has 1 aliphatic rings. The summed E-state index contributed by atoms with van der Waals surface area (Å²) in [6, 6.07) is 16.1. The van der Waals surface area contributed by atoms with Gasteiger partial charge in [-0.15, -0.1) is 22.6 Å². The first-order chi connectivity index (χ1) is 11.7. The lowest BCUT2D eigenvalue weighted by Gasteiger charge is -2.16. The first-order valence-corrected chi connectivity index (χ1v) is 8.33. The van der Waals surface area contributed by atoms with Gasteiger partial charge in [-0.25, -0.2) is 0 Å². The molecule has 2 aromatic carbocycles. The van der Waals surface area contributed by atoms with Gasteiger partial charge in [-0.3, -0.25) is 0 Å². The number of nitrogens with zero attached hydrogens (tertiary/aromatic N) is 3. The van der Waals surface area contributed by atoms with E-state index in [-0.39, 0.29) is 17.8 Å². The summed E-state index contributed by atoms with van der Waals surface area (Å²) >= 11 is 6.07. The average molecular weight is 376 g/mol. The summed E-state index contributed by atoms with van der Waals surface area (Å²) in [6.07, 6.45) is 2.20. The van der Waals surface area contributed by atoms with E-state index < -0.39 is 0 Å². The van der Waals surface area contributed by atoms with E-state index in [0.29, 0.717) is 10.8 Å². The Morgan fingerprint density at radius 2 is 1.80 bits per heavy atom. The first-order valence-electron chi connectivity index (χ1n) is 7.95. The number of methoxy groups -OCH3 is 1. The Balaban J connectivity index is 0.00000182. The molecular formula is C19H19Cl2N3O. The summed E-state index contributed by atoms with van der Waals surface area (Å²) in [5.74, 6) is 2.50. The number of halogens is 2. The van der Waals surface area contributed by atoms with Gasteiger partial charge in [0, 0.05) is 12.1 Å². The molecule has 1 heterocycles. The van der Waals surface area contributed by atoms with Crippen molar-refractivity contribution in [3.63, 3.8) is 0 Å². The minimum atomic E-state index is -0.0130. The van der Waals surface area contributed by atoms with E-state index >= 15 is 0 Å². The zero-order chi connectivity index (χ0) is 16.7. The Kier molecular flexibility index (Phi) is 4.76. The summed E-state index contributed by atoms with van der Waals surface area (Å²) < 4.78 is 7.54. The molecule has 0 saturated heterocycles. The lowest BCUT2D eigenvalue weighted by molar-refractivity contribution is 0.416. The molecule has 1 aromatic heterocycles. The van der Waals surface area contributed by atoms with E-state index in [9.17, 15) is 0 Å². The second-order valence-electron chi connectivity index (χ2n) is 6.20. The molecule has 0 radical (unpaired) electrons. The molecule has 1 aliphatic carbocycles. The third-order valence-electron chi connectivity index (χ3n) is 4.78. The zero-order valence-electron chi connectivity index (χ0n) is 14.1. The number of hydrogen-bond donors (Lipinski definition) is 0. The van der Waals surface area contributed by atoms with Crippen LogP contribution in [-0.2, 0) is 12.5 Å². The van der Waals surface area contributed by atoms with Gasteiger partial charge in [0.2, 0.25) is 0 Å². The molecule has 4 nitrogen and oxygen atoms in total. The molecule has 0 aliphatic heterocycles. The van der Waals surface area contributed by atoms with Crippen LogP contribution in [0, 0.1) is 0 Å². The predicted octanol–water partition coefficient (Wildman–Crippen LogP) is 4.65. The van der Waals surface area contributed by atoms with E-state index in [0.717, 1.165) is 30.1 Å². The average Bonchev–Trinajstić information content (AvgIpc) is 3.33. The second-order valence-corrected chi connectivity index (χ2v) is 6.64. The molecular weight excluding hydrogens is 357 g/mol. The third-order valence-corrected chi connectivity index (χ3v) is 5.02. The van der Waals surface area contributed by atoms with Gasteiger partial charge >= 0.3 is 0 Å². The van der Waals surface area contributed by atoms with E-state index in [2.05, 4.69) is 39.0 Å². The molecule has 0 spiro atoms. The summed E-state index contributed by atoms with van der Waals surface area (Å²) in [4.78, 5) is 0. The molecule has 0 atom stereocenters. The van der Waals surface area contributed by atoms with Crippen LogP contribution in [-0.4, -0.2) is 21.9 Å². The molecule has 3 aromatic rings. The molecule has 0 unspecified atom stereocenters. The molecule has 0 N–H and O–H groups in total. The van der Waals surface area contributed by atoms with Crippen molar-refractivity contribution < 1.29 is 4.74 Å². The maximum absolute atomic E-state index is 6.07. The van der Waals surface area contributed by atoms with E-state index in [1.165, 1.54) is 5.56 Å². The van der Waals surface area contributed by atoms with Gasteiger partial charge in [-0.2, -0.15) is 0 Å². The van der Waals surface area contributed by atoms with Crippen LogP contribution in [0.25, 0.3) is 11.4 Å². The molecule has 1 fully saturated rings. The van der Waals surface area contributed by atoms with Crippen molar-refractivity contribution in [3.05, 3.63) is 64.9 Å². The van der Waals surface area contributed by atoms with E-state index in [4.69, 9.17) is 16.3 Å². The summed E-state index contributed by atoms with van der Waals surface area (Å²) in [5, 5.41) is 9.61. The van der Waals surface area contributed by atoms with Gasteiger partial charge in [-0.05, 0) is 36.6 Å². The van der Waals surface area contributed by atoms with Gasteiger partial charge in [0.15, 0.2) is 5.82 Å². The Morgan fingerprint density at radius 1 is 1.08 bits per heavy atom. The van der Waals surface area contributed by atoms with Crippen molar-refractivity contribution in [3.8, 4) is 17.1 Å². The van der Waals surface area contributed by atoms with Crippen LogP contribution in [0.2, 0.25) is 5.02 Å². The van der Waals surface area contributed by atoms with Gasteiger partial charge in [0.1, 0.15) is 11.6 Å². The number of ether oxygens (including phenoxy) is 1. The molecule has 130 valence electrons. The SMILES string of the molecule is COc1cc(Cl)ccc1-c1nnc(C2(c3ccccc3)CC2)n1C.Cl. The summed E-state index contributed by atoms with van der Waals surface area (Å²) in [5.41, 5.74) is 2.18. The molecule has 1 saturated carbocycles. The summed E-state index contributed by atoms with van der Waals surface area (Å²) in [6.45, 7) is 0. The highest BCUT2D eigenvalue weighted by molar-refractivity contribution is 6.30. The Morgan fingerprint density at radius 3 is 2.44 bits per heavy atom. The normalized spacial score (nSPS) is 14.7. The minimum Gasteiger partial charge on any atom is -0.496 e. The fraction of sp³-hybridized carbons (Fsp3) is 0.263. The molecule has 25 heavy (non-hydrogen) atoms. The second kappa shape index (κ2) is 6.70. The maximum Gasteiger partial charge on any atom is 0.167 e. The zero-order valence-corrected chi connectivity index (χ0v) is 15.6.